The number of nitrogens with one attached hydrogen (secondary N) is 1. The molecular weight excluding hydrogens is 252 g/mol. The van der Waals surface area contributed by atoms with Crippen LogP contribution in [-0.4, -0.2) is 19.1 Å². The van der Waals surface area contributed by atoms with Crippen LogP contribution in [-0.2, 0) is 0 Å². The van der Waals surface area contributed by atoms with Crippen molar-refractivity contribution in [2.45, 2.75) is 25.3 Å². The van der Waals surface area contributed by atoms with Crippen molar-refractivity contribution in [3.05, 3.63) is 23.8 Å². The van der Waals surface area contributed by atoms with Crippen LogP contribution in [0.25, 0.3) is 0 Å². The second-order valence-corrected chi connectivity index (χ2v) is 6.41. The monoisotopic (exact) mass is 272 g/mol. The predicted octanol–water partition coefficient (Wildman–Crippen LogP) is 2.05. The van der Waals surface area contributed by atoms with E-state index in [-0.39, 0.29) is 5.91 Å². The van der Waals surface area contributed by atoms with Gasteiger partial charge in [0.15, 0.2) is 0 Å². The van der Waals surface area contributed by atoms with Crippen molar-refractivity contribution < 1.29 is 9.53 Å². The number of benzene rings is 1. The quantitative estimate of drug-likeness (QED) is 0.828. The lowest BCUT2D eigenvalue weighted by molar-refractivity contribution is 0.0942. The molecule has 3 saturated carbocycles. The lowest BCUT2D eigenvalue weighted by Crippen LogP contribution is -2.30. The lowest BCUT2D eigenvalue weighted by Gasteiger charge is -2.14. The van der Waals surface area contributed by atoms with Gasteiger partial charge in [0.2, 0.25) is 0 Å². The molecule has 0 heterocycles. The molecule has 20 heavy (non-hydrogen) atoms. The smallest absolute Gasteiger partial charge is 0.257 e. The van der Waals surface area contributed by atoms with Crippen molar-refractivity contribution in [2.75, 3.05) is 12.8 Å². The number of hydrogen-bond acceptors (Lipinski definition) is 3. The molecule has 0 spiro atoms. The van der Waals surface area contributed by atoms with Crippen LogP contribution >= 0.6 is 0 Å². The van der Waals surface area contributed by atoms with Gasteiger partial charge < -0.3 is 15.8 Å². The zero-order chi connectivity index (χ0) is 13.9. The van der Waals surface area contributed by atoms with E-state index in [0.717, 1.165) is 23.7 Å². The van der Waals surface area contributed by atoms with Gasteiger partial charge in [0.25, 0.3) is 5.91 Å². The molecule has 3 N–H and O–H groups in total. The molecular formula is C16H20N2O2. The summed E-state index contributed by atoms with van der Waals surface area (Å²) >= 11 is 0. The average molecular weight is 272 g/mol. The molecule has 0 saturated heterocycles. The van der Waals surface area contributed by atoms with Crippen molar-refractivity contribution in [2.24, 2.45) is 23.7 Å². The fourth-order valence-corrected chi connectivity index (χ4v) is 4.70. The molecule has 1 aromatic rings. The fourth-order valence-electron chi connectivity index (χ4n) is 4.70. The van der Waals surface area contributed by atoms with Gasteiger partial charge in [-0.2, -0.15) is 0 Å². The zero-order valence-corrected chi connectivity index (χ0v) is 11.6. The molecule has 0 radical (unpaired) electrons. The third-order valence-electron chi connectivity index (χ3n) is 5.54. The molecule has 0 aromatic heterocycles. The van der Waals surface area contributed by atoms with E-state index in [1.807, 2.05) is 0 Å². The number of carbonyl (C=O) groups excluding carboxylic acids is 1. The Hall–Kier alpha value is -1.71. The van der Waals surface area contributed by atoms with E-state index < -0.39 is 0 Å². The highest BCUT2D eigenvalue weighted by Crippen LogP contribution is 2.65. The third-order valence-corrected chi connectivity index (χ3v) is 5.54. The van der Waals surface area contributed by atoms with Gasteiger partial charge in [0.05, 0.1) is 7.11 Å². The van der Waals surface area contributed by atoms with Crippen molar-refractivity contribution in [3.63, 3.8) is 0 Å². The fraction of sp³-hybridized carbons (Fsp3) is 0.562. The van der Waals surface area contributed by atoms with Gasteiger partial charge in [0.1, 0.15) is 11.3 Å². The minimum Gasteiger partial charge on any atom is -0.496 e. The van der Waals surface area contributed by atoms with Crippen molar-refractivity contribution in [1.29, 1.82) is 0 Å². The van der Waals surface area contributed by atoms with Gasteiger partial charge in [-0.3, -0.25) is 4.79 Å². The highest BCUT2D eigenvalue weighted by Gasteiger charge is 2.65. The standard InChI is InChI=1S/C16H20N2O2/c1-20-11-4-2-3-10(17)14(11)16(19)18-15-12-8-5-6-9(7-8)13(12)15/h2-4,8-9,12-13,15H,5-7,17H2,1H3,(H,18,19). The Kier molecular flexibility index (Phi) is 2.50. The minimum absolute atomic E-state index is 0.0845. The van der Waals surface area contributed by atoms with Gasteiger partial charge in [-0.15, -0.1) is 0 Å². The minimum atomic E-state index is -0.0845. The third kappa shape index (κ3) is 1.57. The first-order valence-corrected chi connectivity index (χ1v) is 7.44. The Bertz CT molecular complexity index is 556. The number of rotatable bonds is 3. The van der Waals surface area contributed by atoms with Crippen LogP contribution in [0.15, 0.2) is 18.2 Å². The summed E-state index contributed by atoms with van der Waals surface area (Å²) in [6.45, 7) is 0. The summed E-state index contributed by atoms with van der Waals surface area (Å²) in [6.07, 6.45) is 4.10. The van der Waals surface area contributed by atoms with Gasteiger partial charge in [-0.25, -0.2) is 0 Å². The zero-order valence-electron chi connectivity index (χ0n) is 11.6. The van der Waals surface area contributed by atoms with Crippen LogP contribution in [0.4, 0.5) is 5.69 Å². The van der Waals surface area contributed by atoms with Crippen molar-refractivity contribution >= 4 is 11.6 Å². The molecule has 4 unspecified atom stereocenters. The van der Waals surface area contributed by atoms with Crippen molar-refractivity contribution in [1.82, 2.24) is 5.32 Å². The molecule has 4 heteroatoms. The summed E-state index contributed by atoms with van der Waals surface area (Å²) in [4.78, 5) is 12.5. The maximum atomic E-state index is 12.5. The van der Waals surface area contributed by atoms with Crippen LogP contribution in [0, 0.1) is 23.7 Å². The van der Waals surface area contributed by atoms with E-state index in [0.29, 0.717) is 23.0 Å². The SMILES string of the molecule is COc1cccc(N)c1C(=O)NC1C2C3CCC(C3)C12. The van der Waals surface area contributed by atoms with Gasteiger partial charge in [0, 0.05) is 11.7 Å². The average Bonchev–Trinajstić information content (AvgIpc) is 2.84. The highest BCUT2D eigenvalue weighted by atomic mass is 16.5. The number of carbonyl (C=O) groups is 1. The first-order chi connectivity index (χ1) is 9.70. The Morgan fingerprint density at radius 3 is 2.65 bits per heavy atom. The first kappa shape index (κ1) is 12.1. The maximum Gasteiger partial charge on any atom is 0.257 e. The lowest BCUT2D eigenvalue weighted by atomic mass is 10.0. The maximum absolute atomic E-state index is 12.5. The van der Waals surface area contributed by atoms with E-state index in [9.17, 15) is 4.79 Å². The Labute approximate surface area is 118 Å². The molecule has 4 atom stereocenters. The summed E-state index contributed by atoms with van der Waals surface area (Å²) < 4.78 is 5.26. The van der Waals surface area contributed by atoms with E-state index in [4.69, 9.17) is 10.5 Å². The van der Waals surface area contributed by atoms with E-state index in [1.165, 1.54) is 19.3 Å². The van der Waals surface area contributed by atoms with Gasteiger partial charge in [-0.05, 0) is 55.1 Å². The van der Waals surface area contributed by atoms with E-state index in [1.54, 1.807) is 25.3 Å². The van der Waals surface area contributed by atoms with Crippen LogP contribution in [0.5, 0.6) is 5.75 Å². The summed E-state index contributed by atoms with van der Waals surface area (Å²) in [5.74, 6) is 3.63. The largest absolute Gasteiger partial charge is 0.496 e. The van der Waals surface area contributed by atoms with Crippen LogP contribution < -0.4 is 15.8 Å². The number of methoxy groups -OCH3 is 1. The second kappa shape index (κ2) is 4.14. The Morgan fingerprint density at radius 2 is 2.00 bits per heavy atom. The normalized spacial score (nSPS) is 36.5. The molecule has 4 nitrogen and oxygen atoms in total. The van der Waals surface area contributed by atoms with Gasteiger partial charge >= 0.3 is 0 Å². The first-order valence-electron chi connectivity index (χ1n) is 7.44. The molecule has 0 aliphatic heterocycles. The Morgan fingerprint density at radius 1 is 1.30 bits per heavy atom. The molecule has 2 bridgehead atoms. The number of anilines is 1. The Balaban J connectivity index is 1.52. The summed E-state index contributed by atoms with van der Waals surface area (Å²) in [7, 11) is 1.57. The number of hydrogen-bond donors (Lipinski definition) is 2. The topological polar surface area (TPSA) is 64.3 Å². The van der Waals surface area contributed by atoms with Crippen LogP contribution in [0.2, 0.25) is 0 Å². The number of ether oxygens (including phenoxy) is 1. The predicted molar refractivity (Wildman–Crippen MR) is 76.5 cm³/mol. The summed E-state index contributed by atoms with van der Waals surface area (Å²) in [5.41, 5.74) is 6.90. The van der Waals surface area contributed by atoms with E-state index in [2.05, 4.69) is 5.32 Å². The molecule has 1 aromatic carbocycles. The molecule has 3 aliphatic rings. The molecule has 4 rings (SSSR count). The van der Waals surface area contributed by atoms with Gasteiger partial charge in [-0.1, -0.05) is 6.07 Å². The second-order valence-electron chi connectivity index (χ2n) is 6.41. The number of amides is 1. The summed E-state index contributed by atoms with van der Waals surface area (Å²) in [5, 5.41) is 3.19. The number of nitrogen functional groups attached to an aromatic ring is 1. The highest BCUT2D eigenvalue weighted by molar-refractivity contribution is 6.02. The molecule has 3 fully saturated rings. The summed E-state index contributed by atoms with van der Waals surface area (Å²) in [6, 6.07) is 5.70. The van der Waals surface area contributed by atoms with E-state index >= 15 is 0 Å². The molecule has 3 aliphatic carbocycles. The number of fused-ring (bicyclic) bond motifs is 5. The van der Waals surface area contributed by atoms with Crippen LogP contribution in [0.3, 0.4) is 0 Å². The van der Waals surface area contributed by atoms with Crippen molar-refractivity contribution in [3.8, 4) is 5.75 Å². The van der Waals surface area contributed by atoms with Crippen LogP contribution in [0.1, 0.15) is 29.6 Å². The number of nitrogens with two attached hydrogens (primary N) is 1. The molecule has 1 amide bonds. The molecule has 106 valence electrons.